The number of halogens is 1. The first-order chi connectivity index (χ1) is 8.13. The first kappa shape index (κ1) is 13.6. The molecular weight excluding hydrogens is 223 g/mol. The molecule has 0 radical (unpaired) electrons. The van der Waals surface area contributed by atoms with Gasteiger partial charge in [0.05, 0.1) is 12.7 Å². The normalized spacial score (nSPS) is 12.2. The minimum absolute atomic E-state index is 0.251. The van der Waals surface area contributed by atoms with E-state index in [1.54, 1.807) is 19.1 Å². The summed E-state index contributed by atoms with van der Waals surface area (Å²) in [5.74, 6) is -0.578. The maximum Gasteiger partial charge on any atom is 0.305 e. The summed E-state index contributed by atoms with van der Waals surface area (Å²) < 4.78 is 17.4. The molecule has 0 unspecified atom stereocenters. The summed E-state index contributed by atoms with van der Waals surface area (Å²) in [5.41, 5.74) is 0.662. The molecule has 0 saturated heterocycles. The third kappa shape index (κ3) is 4.95. The summed E-state index contributed by atoms with van der Waals surface area (Å²) in [6.07, 6.45) is 0.651. The van der Waals surface area contributed by atoms with Crippen LogP contribution in [0.3, 0.4) is 0 Å². The first-order valence-electron chi connectivity index (χ1n) is 5.72. The van der Waals surface area contributed by atoms with Crippen LogP contribution in [0.5, 0.6) is 0 Å². The fraction of sp³-hybridized carbons (Fsp3) is 0.462. The predicted molar refractivity (Wildman–Crippen MR) is 61.8 cm³/mol. The molecule has 1 atom stereocenters. The van der Waals surface area contributed by atoms with Crippen molar-refractivity contribution in [2.75, 3.05) is 6.61 Å². The molecule has 0 heterocycles. The molecule has 0 aliphatic carbocycles. The second-order valence-electron chi connectivity index (χ2n) is 3.76. The van der Waals surface area contributed by atoms with Crippen molar-refractivity contribution in [3.8, 4) is 0 Å². The van der Waals surface area contributed by atoms with Crippen molar-refractivity contribution in [3.05, 3.63) is 35.6 Å². The van der Waals surface area contributed by atoms with Crippen LogP contribution in [-0.2, 0) is 9.53 Å². The van der Waals surface area contributed by atoms with Gasteiger partial charge in [-0.15, -0.1) is 0 Å². The highest BCUT2D eigenvalue weighted by Crippen LogP contribution is 2.19. The van der Waals surface area contributed by atoms with Gasteiger partial charge >= 0.3 is 5.97 Å². The van der Waals surface area contributed by atoms with E-state index in [9.17, 15) is 14.3 Å². The smallest absolute Gasteiger partial charge is 0.305 e. The van der Waals surface area contributed by atoms with Gasteiger partial charge in [0.15, 0.2) is 0 Å². The molecule has 0 fully saturated rings. The number of carbonyl (C=O) groups excluding carboxylic acids is 1. The Bertz CT molecular complexity index is 348. The summed E-state index contributed by atoms with van der Waals surface area (Å²) in [6.45, 7) is 2.13. The van der Waals surface area contributed by atoms with Crippen LogP contribution in [0.2, 0.25) is 0 Å². The Morgan fingerprint density at radius 2 is 2.06 bits per heavy atom. The molecule has 4 heteroatoms. The lowest BCUT2D eigenvalue weighted by Crippen LogP contribution is -2.05. The average Bonchev–Trinajstić information content (AvgIpc) is 2.30. The summed E-state index contributed by atoms with van der Waals surface area (Å²) in [5, 5.41) is 9.78. The molecule has 0 saturated carbocycles. The zero-order valence-corrected chi connectivity index (χ0v) is 9.86. The van der Waals surface area contributed by atoms with Crippen LogP contribution < -0.4 is 0 Å². The molecule has 94 valence electrons. The van der Waals surface area contributed by atoms with Crippen LogP contribution in [0, 0.1) is 5.82 Å². The second kappa shape index (κ2) is 7.01. The van der Waals surface area contributed by atoms with Crippen LogP contribution in [-0.4, -0.2) is 17.7 Å². The second-order valence-corrected chi connectivity index (χ2v) is 3.76. The topological polar surface area (TPSA) is 46.5 Å². The number of ether oxygens (including phenoxy) is 1. The zero-order valence-electron chi connectivity index (χ0n) is 9.86. The molecule has 1 aromatic carbocycles. The van der Waals surface area contributed by atoms with Crippen molar-refractivity contribution < 1.29 is 19.0 Å². The van der Waals surface area contributed by atoms with Crippen molar-refractivity contribution in [2.24, 2.45) is 0 Å². The molecule has 0 amide bonds. The van der Waals surface area contributed by atoms with E-state index in [4.69, 9.17) is 4.74 Å². The van der Waals surface area contributed by atoms with E-state index in [2.05, 4.69) is 0 Å². The lowest BCUT2D eigenvalue weighted by Gasteiger charge is -2.10. The summed E-state index contributed by atoms with van der Waals surface area (Å²) >= 11 is 0. The van der Waals surface area contributed by atoms with Crippen LogP contribution in [0.4, 0.5) is 4.39 Å². The van der Waals surface area contributed by atoms with Gasteiger partial charge in [-0.2, -0.15) is 0 Å². The van der Waals surface area contributed by atoms with Crippen molar-refractivity contribution in [1.82, 2.24) is 0 Å². The van der Waals surface area contributed by atoms with E-state index < -0.39 is 6.10 Å². The van der Waals surface area contributed by atoms with Crippen molar-refractivity contribution >= 4 is 5.97 Å². The van der Waals surface area contributed by atoms with E-state index in [-0.39, 0.29) is 11.8 Å². The molecule has 3 nitrogen and oxygen atoms in total. The quantitative estimate of drug-likeness (QED) is 0.777. The molecule has 0 aliphatic rings. The van der Waals surface area contributed by atoms with E-state index in [0.717, 1.165) is 0 Å². The van der Waals surface area contributed by atoms with E-state index in [0.29, 0.717) is 31.4 Å². The van der Waals surface area contributed by atoms with Crippen LogP contribution in [0.15, 0.2) is 24.3 Å². The average molecular weight is 240 g/mol. The molecule has 17 heavy (non-hydrogen) atoms. The molecular formula is C13H17FO3. The Labute approximate surface area is 100 Å². The highest BCUT2D eigenvalue weighted by Gasteiger charge is 2.09. The van der Waals surface area contributed by atoms with Gasteiger partial charge in [0, 0.05) is 6.42 Å². The number of aliphatic hydroxyl groups excluding tert-OH is 1. The third-order valence-corrected chi connectivity index (χ3v) is 2.42. The molecule has 0 spiro atoms. The van der Waals surface area contributed by atoms with Gasteiger partial charge in [0.25, 0.3) is 0 Å². The van der Waals surface area contributed by atoms with E-state index >= 15 is 0 Å². The molecule has 0 aromatic heterocycles. The fourth-order valence-electron chi connectivity index (χ4n) is 1.52. The number of carbonyl (C=O) groups is 1. The van der Waals surface area contributed by atoms with Gasteiger partial charge in [-0.3, -0.25) is 4.79 Å². The maximum atomic E-state index is 12.6. The van der Waals surface area contributed by atoms with Gasteiger partial charge in [0.1, 0.15) is 5.82 Å². The van der Waals surface area contributed by atoms with Crippen molar-refractivity contribution in [2.45, 2.75) is 32.3 Å². The monoisotopic (exact) mass is 240 g/mol. The minimum Gasteiger partial charge on any atom is -0.466 e. The molecule has 1 rings (SSSR count). The first-order valence-corrected chi connectivity index (χ1v) is 5.72. The Morgan fingerprint density at radius 1 is 1.41 bits per heavy atom. The summed E-state index contributed by atoms with van der Waals surface area (Å²) in [7, 11) is 0. The predicted octanol–water partition coefficient (Wildman–Crippen LogP) is 2.59. The highest BCUT2D eigenvalue weighted by atomic mass is 19.1. The number of hydrogen-bond donors (Lipinski definition) is 1. The van der Waals surface area contributed by atoms with E-state index in [1.165, 1.54) is 12.1 Å². The third-order valence-electron chi connectivity index (χ3n) is 2.42. The van der Waals surface area contributed by atoms with Crippen LogP contribution in [0.25, 0.3) is 0 Å². The van der Waals surface area contributed by atoms with Gasteiger partial charge in [-0.25, -0.2) is 4.39 Å². The van der Waals surface area contributed by atoms with E-state index in [1.807, 2.05) is 0 Å². The lowest BCUT2D eigenvalue weighted by atomic mass is 10.0. The van der Waals surface area contributed by atoms with Crippen molar-refractivity contribution in [1.29, 1.82) is 0 Å². The Hall–Kier alpha value is -1.42. The van der Waals surface area contributed by atoms with Crippen LogP contribution >= 0.6 is 0 Å². The molecule has 0 aliphatic heterocycles. The van der Waals surface area contributed by atoms with Gasteiger partial charge < -0.3 is 9.84 Å². The SMILES string of the molecule is CCOC(=O)CCC[C@@H](O)c1ccc(F)cc1. The highest BCUT2D eigenvalue weighted by molar-refractivity contribution is 5.69. The Kier molecular flexibility index (Phi) is 5.63. The Balaban J connectivity index is 2.32. The molecule has 1 N–H and O–H groups in total. The van der Waals surface area contributed by atoms with Gasteiger partial charge in [-0.05, 0) is 37.5 Å². The number of rotatable bonds is 6. The minimum atomic E-state index is -0.662. The maximum absolute atomic E-state index is 12.6. The van der Waals surface area contributed by atoms with Crippen LogP contribution in [0.1, 0.15) is 37.9 Å². The number of hydrogen-bond acceptors (Lipinski definition) is 3. The fourth-order valence-corrected chi connectivity index (χ4v) is 1.52. The Morgan fingerprint density at radius 3 is 2.65 bits per heavy atom. The molecule has 0 bridgehead atoms. The summed E-state index contributed by atoms with van der Waals surface area (Å²) in [6, 6.07) is 5.71. The largest absolute Gasteiger partial charge is 0.466 e. The van der Waals surface area contributed by atoms with Crippen molar-refractivity contribution in [3.63, 3.8) is 0 Å². The zero-order chi connectivity index (χ0) is 12.7. The number of aliphatic hydroxyl groups is 1. The van der Waals surface area contributed by atoms with Gasteiger partial charge in [-0.1, -0.05) is 12.1 Å². The van der Waals surface area contributed by atoms with Gasteiger partial charge in [0.2, 0.25) is 0 Å². The molecule has 1 aromatic rings. The summed E-state index contributed by atoms with van der Waals surface area (Å²) in [4.78, 5) is 11.1. The standard InChI is InChI=1S/C13H17FO3/c1-2-17-13(16)5-3-4-12(15)10-6-8-11(14)9-7-10/h6-9,12,15H,2-5H2,1H3/t12-/m1/s1. The number of benzene rings is 1. The number of esters is 1. The lowest BCUT2D eigenvalue weighted by molar-refractivity contribution is -0.143.